The van der Waals surface area contributed by atoms with Crippen molar-refractivity contribution in [2.75, 3.05) is 23.0 Å². The van der Waals surface area contributed by atoms with Crippen LogP contribution in [0, 0.1) is 0 Å². The third-order valence-electron chi connectivity index (χ3n) is 4.91. The first-order valence-corrected chi connectivity index (χ1v) is 11.3. The normalized spacial score (nSPS) is 12.4. The molecule has 1 amide bonds. The molecule has 31 heavy (non-hydrogen) atoms. The predicted molar refractivity (Wildman–Crippen MR) is 118 cm³/mol. The fourth-order valence-electron chi connectivity index (χ4n) is 3.24. The van der Waals surface area contributed by atoms with Gasteiger partial charge >= 0.3 is 0 Å². The number of anilines is 2. The van der Waals surface area contributed by atoms with Crippen LogP contribution >= 0.6 is 0 Å². The number of carbonyl (C=O) groups excluding carboxylic acids is 1. The highest BCUT2D eigenvalue weighted by Crippen LogP contribution is 2.34. The quantitative estimate of drug-likeness (QED) is 0.606. The van der Waals surface area contributed by atoms with E-state index in [2.05, 4.69) is 5.32 Å². The molecule has 0 bridgehead atoms. The average molecular weight is 439 g/mol. The minimum absolute atomic E-state index is 0.116. The lowest BCUT2D eigenvalue weighted by Gasteiger charge is -2.24. The van der Waals surface area contributed by atoms with Gasteiger partial charge < -0.3 is 14.8 Å². The number of hydrogen-bond donors (Lipinski definition) is 1. The van der Waals surface area contributed by atoms with Crippen molar-refractivity contribution < 1.29 is 22.7 Å². The van der Waals surface area contributed by atoms with Crippen LogP contribution in [0.4, 0.5) is 11.4 Å². The van der Waals surface area contributed by atoms with E-state index in [1.165, 1.54) is 12.1 Å². The zero-order valence-corrected chi connectivity index (χ0v) is 17.8. The Hall–Kier alpha value is -3.52. The Morgan fingerprint density at radius 1 is 0.968 bits per heavy atom. The second-order valence-electron chi connectivity index (χ2n) is 6.96. The Bertz CT molecular complexity index is 1180. The summed E-state index contributed by atoms with van der Waals surface area (Å²) in [6, 6.07) is 20.2. The lowest BCUT2D eigenvalue weighted by atomic mass is 10.1. The van der Waals surface area contributed by atoms with E-state index in [1.54, 1.807) is 48.5 Å². The predicted octanol–water partition coefficient (Wildman–Crippen LogP) is 3.81. The molecule has 0 fully saturated rings. The Balaban J connectivity index is 1.61. The van der Waals surface area contributed by atoms with Crippen molar-refractivity contribution in [3.8, 4) is 11.5 Å². The van der Waals surface area contributed by atoms with Gasteiger partial charge in [-0.05, 0) is 48.4 Å². The van der Waals surface area contributed by atoms with Crippen molar-refractivity contribution in [3.05, 3.63) is 78.4 Å². The van der Waals surface area contributed by atoms with Crippen molar-refractivity contribution in [3.63, 3.8) is 0 Å². The average Bonchev–Trinajstić information content (AvgIpc) is 3.26. The van der Waals surface area contributed by atoms with Crippen LogP contribution in [0.2, 0.25) is 0 Å². The second-order valence-corrected chi connectivity index (χ2v) is 8.82. The van der Waals surface area contributed by atoms with E-state index in [1.807, 2.05) is 19.1 Å². The van der Waals surface area contributed by atoms with Gasteiger partial charge in [0.05, 0.1) is 10.6 Å². The summed E-state index contributed by atoms with van der Waals surface area (Å²) in [4.78, 5) is 12.9. The summed E-state index contributed by atoms with van der Waals surface area (Å²) < 4.78 is 38.4. The number of nitrogens with one attached hydrogen (secondary N) is 1. The summed E-state index contributed by atoms with van der Waals surface area (Å²) in [7, 11) is -3.94. The number of sulfonamides is 1. The molecule has 0 spiro atoms. The minimum Gasteiger partial charge on any atom is -0.454 e. The second kappa shape index (κ2) is 8.69. The molecule has 0 aliphatic carbocycles. The van der Waals surface area contributed by atoms with Crippen LogP contribution in [0.3, 0.4) is 0 Å². The number of amides is 1. The summed E-state index contributed by atoms with van der Waals surface area (Å²) in [6.07, 6.45) is 0.830. The third-order valence-corrected chi connectivity index (χ3v) is 6.70. The topological polar surface area (TPSA) is 84.9 Å². The van der Waals surface area contributed by atoms with E-state index < -0.39 is 15.9 Å². The Morgan fingerprint density at radius 3 is 2.39 bits per heavy atom. The Labute approximate surface area is 181 Å². The minimum atomic E-state index is -3.94. The van der Waals surface area contributed by atoms with Crippen molar-refractivity contribution >= 4 is 27.3 Å². The van der Waals surface area contributed by atoms with Gasteiger partial charge in [0, 0.05) is 11.8 Å². The van der Waals surface area contributed by atoms with Crippen molar-refractivity contribution in [2.45, 2.75) is 18.2 Å². The van der Waals surface area contributed by atoms with Gasteiger partial charge in [-0.2, -0.15) is 0 Å². The lowest BCUT2D eigenvalue weighted by Crippen LogP contribution is -2.38. The van der Waals surface area contributed by atoms with E-state index in [0.29, 0.717) is 22.9 Å². The number of aryl methyl sites for hydroxylation is 1. The molecule has 3 aromatic carbocycles. The van der Waals surface area contributed by atoms with Gasteiger partial charge in [-0.25, -0.2) is 8.42 Å². The largest absolute Gasteiger partial charge is 0.454 e. The van der Waals surface area contributed by atoms with Crippen LogP contribution in [0.1, 0.15) is 12.5 Å². The van der Waals surface area contributed by atoms with Crippen molar-refractivity contribution in [2.24, 2.45) is 0 Å². The number of rotatable bonds is 7. The Kier molecular flexibility index (Phi) is 5.81. The summed E-state index contributed by atoms with van der Waals surface area (Å²) in [5.74, 6) is 0.655. The van der Waals surface area contributed by atoms with Gasteiger partial charge in [0.2, 0.25) is 12.7 Å². The summed E-state index contributed by atoms with van der Waals surface area (Å²) in [5.41, 5.74) is 1.99. The maximum atomic E-state index is 13.3. The Morgan fingerprint density at radius 2 is 1.68 bits per heavy atom. The molecule has 7 nitrogen and oxygen atoms in total. The first kappa shape index (κ1) is 20.7. The number of ether oxygens (including phenoxy) is 2. The molecule has 0 atom stereocenters. The maximum absolute atomic E-state index is 13.3. The summed E-state index contributed by atoms with van der Waals surface area (Å²) in [6.45, 7) is 1.77. The van der Waals surface area contributed by atoms with Crippen molar-refractivity contribution in [1.82, 2.24) is 0 Å². The molecular formula is C23H22N2O5S. The molecule has 0 saturated heterocycles. The molecule has 1 N–H and O–H groups in total. The highest BCUT2D eigenvalue weighted by Gasteiger charge is 2.27. The fourth-order valence-corrected chi connectivity index (χ4v) is 4.68. The molecule has 3 aromatic rings. The molecule has 0 unspecified atom stereocenters. The lowest BCUT2D eigenvalue weighted by molar-refractivity contribution is -0.114. The zero-order chi connectivity index (χ0) is 21.8. The van der Waals surface area contributed by atoms with Crippen LogP contribution < -0.4 is 19.1 Å². The SMILES string of the molecule is CCc1ccc(N(CC(=O)Nc2ccc3c(c2)OCO3)S(=O)(=O)c2ccccc2)cc1. The molecule has 1 aliphatic heterocycles. The zero-order valence-electron chi connectivity index (χ0n) is 16.9. The molecule has 1 heterocycles. The molecular weight excluding hydrogens is 416 g/mol. The van der Waals surface area contributed by atoms with Crippen molar-refractivity contribution in [1.29, 1.82) is 0 Å². The molecule has 4 rings (SSSR count). The summed E-state index contributed by atoms with van der Waals surface area (Å²) >= 11 is 0. The van der Waals surface area contributed by atoms with E-state index in [4.69, 9.17) is 9.47 Å². The van der Waals surface area contributed by atoms with Crippen LogP contribution in [0.25, 0.3) is 0 Å². The molecule has 160 valence electrons. The molecule has 0 saturated carbocycles. The number of fused-ring (bicyclic) bond motifs is 1. The molecule has 1 aliphatic rings. The highest BCUT2D eigenvalue weighted by atomic mass is 32.2. The standard InChI is InChI=1S/C23H22N2O5S/c1-2-17-8-11-19(12-9-17)25(31(27,28)20-6-4-3-5-7-20)15-23(26)24-18-10-13-21-22(14-18)30-16-29-21/h3-14H,2,15-16H2,1H3,(H,24,26). The van der Waals surface area contributed by atoms with E-state index in [0.717, 1.165) is 16.3 Å². The van der Waals surface area contributed by atoms with Crippen LogP contribution in [-0.4, -0.2) is 27.7 Å². The smallest absolute Gasteiger partial charge is 0.264 e. The van der Waals surface area contributed by atoms with Crippen LogP contribution in [0.15, 0.2) is 77.7 Å². The van der Waals surface area contributed by atoms with Gasteiger partial charge in [0.1, 0.15) is 6.54 Å². The number of nitrogens with zero attached hydrogens (tertiary/aromatic N) is 1. The third kappa shape index (κ3) is 4.49. The first-order valence-electron chi connectivity index (χ1n) is 9.83. The fraction of sp³-hybridized carbons (Fsp3) is 0.174. The van der Waals surface area contributed by atoms with Gasteiger partial charge in [-0.1, -0.05) is 37.3 Å². The summed E-state index contributed by atoms with van der Waals surface area (Å²) in [5, 5.41) is 2.74. The van der Waals surface area contributed by atoms with Gasteiger partial charge in [0.25, 0.3) is 10.0 Å². The first-order chi connectivity index (χ1) is 15.0. The van der Waals surface area contributed by atoms with E-state index in [9.17, 15) is 13.2 Å². The number of carbonyl (C=O) groups is 1. The van der Waals surface area contributed by atoms with E-state index in [-0.39, 0.29) is 18.2 Å². The number of benzene rings is 3. The maximum Gasteiger partial charge on any atom is 0.264 e. The van der Waals surface area contributed by atoms with Crippen LogP contribution in [-0.2, 0) is 21.2 Å². The molecule has 0 aromatic heterocycles. The van der Waals surface area contributed by atoms with E-state index >= 15 is 0 Å². The molecule has 8 heteroatoms. The van der Waals surface area contributed by atoms with Gasteiger partial charge in [-0.15, -0.1) is 0 Å². The number of hydrogen-bond acceptors (Lipinski definition) is 5. The van der Waals surface area contributed by atoms with Gasteiger partial charge in [0.15, 0.2) is 11.5 Å². The van der Waals surface area contributed by atoms with Crippen LogP contribution in [0.5, 0.6) is 11.5 Å². The monoisotopic (exact) mass is 438 g/mol. The van der Waals surface area contributed by atoms with Gasteiger partial charge in [-0.3, -0.25) is 9.10 Å². The molecule has 0 radical (unpaired) electrons. The highest BCUT2D eigenvalue weighted by molar-refractivity contribution is 7.92.